The van der Waals surface area contributed by atoms with E-state index in [0.717, 1.165) is 0 Å². The van der Waals surface area contributed by atoms with Crippen molar-refractivity contribution >= 4 is 0 Å². The van der Waals surface area contributed by atoms with Gasteiger partial charge in [0.05, 0.1) is 0 Å². The smallest absolute Gasteiger partial charge is 0 e. The summed E-state index contributed by atoms with van der Waals surface area (Å²) in [4.78, 5) is 0. The molecule has 0 unspecified atom stereocenters. The fourth-order valence-corrected chi connectivity index (χ4v) is 0. The van der Waals surface area contributed by atoms with Gasteiger partial charge in [-0.25, -0.2) is 0 Å². The molecule has 0 fully saturated rings. The van der Waals surface area contributed by atoms with E-state index in [1.165, 1.54) is 0 Å². The Labute approximate surface area is 53.9 Å². The summed E-state index contributed by atoms with van der Waals surface area (Å²) in [5.74, 6) is 0. The Bertz CT molecular complexity index is 3.25. The van der Waals surface area contributed by atoms with Gasteiger partial charge in [0.1, 0.15) is 0 Å². The van der Waals surface area contributed by atoms with Gasteiger partial charge in [-0.3, -0.25) is 0 Å². The van der Waals surface area contributed by atoms with E-state index in [2.05, 4.69) is 0 Å². The molecule has 35 valence electrons. The van der Waals surface area contributed by atoms with Crippen molar-refractivity contribution < 1.29 is 54.2 Å². The molecule has 0 aromatic heterocycles. The van der Waals surface area contributed by atoms with Crippen LogP contribution in [-0.4, -0.2) is 16.4 Å². The molecule has 0 saturated heterocycles. The number of hydrogen-bond donors (Lipinski definition) is 0. The van der Waals surface area contributed by atoms with Gasteiger partial charge in [-0.2, -0.15) is 0 Å². The van der Waals surface area contributed by atoms with Crippen LogP contribution in [0.4, 0.5) is 0 Å². The molecule has 0 atom stereocenters. The molecule has 1 radical (unpaired) electrons. The Morgan fingerprint density at radius 2 is 0.500 bits per heavy atom. The normalized spacial score (nSPS) is 0. The zero-order chi connectivity index (χ0) is 0. The molecular formula is H6HoO3. The maximum Gasteiger partial charge on any atom is 0 e. The molecule has 0 spiro atoms. The van der Waals surface area contributed by atoms with Crippen molar-refractivity contribution in [3.63, 3.8) is 0 Å². The standard InChI is InChI=1S/Ho.3H2O/h;3*1H2. The Hall–Kier alpha value is 1.14. The molecule has 0 amide bonds. The summed E-state index contributed by atoms with van der Waals surface area (Å²) in [6.07, 6.45) is 0. The van der Waals surface area contributed by atoms with Gasteiger partial charge in [-0.1, -0.05) is 0 Å². The summed E-state index contributed by atoms with van der Waals surface area (Å²) in [7, 11) is 0. The molecule has 4 heavy (non-hydrogen) atoms. The monoisotopic (exact) mass is 219 g/mol. The minimum atomic E-state index is 0. The SMILES string of the molecule is O.O.O.[Ho]. The van der Waals surface area contributed by atoms with Gasteiger partial charge < -0.3 is 16.4 Å². The van der Waals surface area contributed by atoms with Crippen LogP contribution in [0.5, 0.6) is 0 Å². The molecular weight excluding hydrogens is 213 g/mol. The summed E-state index contributed by atoms with van der Waals surface area (Å²) in [6.45, 7) is 0. The molecule has 0 aliphatic rings. The van der Waals surface area contributed by atoms with Crippen molar-refractivity contribution in [1.29, 1.82) is 0 Å². The molecule has 3 nitrogen and oxygen atoms in total. The quantitative estimate of drug-likeness (QED) is 0.403. The summed E-state index contributed by atoms with van der Waals surface area (Å²) < 4.78 is 0. The van der Waals surface area contributed by atoms with Gasteiger partial charge >= 0.3 is 0 Å². The first-order chi connectivity index (χ1) is 0. The van der Waals surface area contributed by atoms with Gasteiger partial charge in [0, 0.05) is 37.7 Å². The predicted molar refractivity (Wildman–Crippen MR) is 10.8 cm³/mol. The molecule has 6 N–H and O–H groups in total. The van der Waals surface area contributed by atoms with Crippen LogP contribution in [0.25, 0.3) is 0 Å². The first-order valence-corrected chi connectivity index (χ1v) is 0. The fraction of sp³-hybridized carbons (Fsp3) is 0. The summed E-state index contributed by atoms with van der Waals surface area (Å²) in [6, 6.07) is 0. The molecule has 0 aromatic carbocycles. The molecule has 4 heteroatoms. The molecule has 0 saturated carbocycles. The van der Waals surface area contributed by atoms with E-state index in [0.29, 0.717) is 0 Å². The van der Waals surface area contributed by atoms with Crippen molar-refractivity contribution in [3.8, 4) is 0 Å². The second kappa shape index (κ2) is 31.4. The van der Waals surface area contributed by atoms with Gasteiger partial charge in [0.2, 0.25) is 0 Å². The van der Waals surface area contributed by atoms with Gasteiger partial charge in [-0.15, -0.1) is 0 Å². The zero-order valence-electron chi connectivity index (χ0n) is 1.80. The van der Waals surface area contributed by atoms with Crippen molar-refractivity contribution in [2.24, 2.45) is 0 Å². The van der Waals surface area contributed by atoms with E-state index in [4.69, 9.17) is 0 Å². The average Bonchev–Trinajstić information content (AvgIpc) is 0. The number of hydrogen-bond acceptors (Lipinski definition) is 0. The van der Waals surface area contributed by atoms with E-state index >= 15 is 0 Å². The Kier molecular flexibility index (Phi) is 533. The van der Waals surface area contributed by atoms with Gasteiger partial charge in [-0.05, 0) is 0 Å². The van der Waals surface area contributed by atoms with Crippen molar-refractivity contribution in [3.05, 3.63) is 0 Å². The van der Waals surface area contributed by atoms with Crippen LogP contribution in [0, 0.1) is 37.7 Å². The average molecular weight is 219 g/mol. The maximum absolute atomic E-state index is 0. The first kappa shape index (κ1) is 67.8. The largest absolute Gasteiger partial charge is 0.412 e. The first-order valence-electron chi connectivity index (χ1n) is 0. The summed E-state index contributed by atoms with van der Waals surface area (Å²) >= 11 is 0. The Morgan fingerprint density at radius 3 is 0.500 bits per heavy atom. The molecule has 0 heterocycles. The van der Waals surface area contributed by atoms with E-state index in [-0.39, 0.29) is 54.2 Å². The third-order valence-corrected chi connectivity index (χ3v) is 0. The van der Waals surface area contributed by atoms with Crippen LogP contribution in [0.3, 0.4) is 0 Å². The fourth-order valence-electron chi connectivity index (χ4n) is 0. The second-order valence-corrected chi connectivity index (χ2v) is 0. The molecule has 0 aromatic rings. The van der Waals surface area contributed by atoms with E-state index < -0.39 is 0 Å². The van der Waals surface area contributed by atoms with Gasteiger partial charge in [0.15, 0.2) is 0 Å². The third kappa shape index (κ3) is 11.1. The Morgan fingerprint density at radius 1 is 0.500 bits per heavy atom. The minimum absolute atomic E-state index is 0. The van der Waals surface area contributed by atoms with Crippen LogP contribution in [-0.2, 0) is 0 Å². The van der Waals surface area contributed by atoms with Crippen LogP contribution in [0.2, 0.25) is 0 Å². The van der Waals surface area contributed by atoms with Crippen molar-refractivity contribution in [1.82, 2.24) is 0 Å². The van der Waals surface area contributed by atoms with Crippen LogP contribution in [0.1, 0.15) is 0 Å². The van der Waals surface area contributed by atoms with E-state index in [1.54, 1.807) is 0 Å². The molecule has 0 bridgehead atoms. The maximum atomic E-state index is 0. The summed E-state index contributed by atoms with van der Waals surface area (Å²) in [5, 5.41) is 0. The van der Waals surface area contributed by atoms with Crippen LogP contribution >= 0.6 is 0 Å². The molecule has 0 aliphatic heterocycles. The minimum Gasteiger partial charge on any atom is -0.412 e. The molecule has 0 aliphatic carbocycles. The second-order valence-electron chi connectivity index (χ2n) is 0. The zero-order valence-corrected chi connectivity index (χ0v) is 3.74. The van der Waals surface area contributed by atoms with Gasteiger partial charge in [0.25, 0.3) is 0 Å². The van der Waals surface area contributed by atoms with Crippen molar-refractivity contribution in [2.45, 2.75) is 0 Å². The van der Waals surface area contributed by atoms with Crippen LogP contribution < -0.4 is 0 Å². The van der Waals surface area contributed by atoms with Crippen molar-refractivity contribution in [2.75, 3.05) is 0 Å². The Balaban J connectivity index is 0. The summed E-state index contributed by atoms with van der Waals surface area (Å²) in [5.41, 5.74) is 0. The van der Waals surface area contributed by atoms with E-state index in [1.807, 2.05) is 0 Å². The third-order valence-electron chi connectivity index (χ3n) is 0. The molecule has 0 rings (SSSR count). The van der Waals surface area contributed by atoms with E-state index in [9.17, 15) is 0 Å². The number of rotatable bonds is 0. The van der Waals surface area contributed by atoms with Crippen LogP contribution in [0.15, 0.2) is 0 Å². The predicted octanol–water partition coefficient (Wildman–Crippen LogP) is -2.47. The topological polar surface area (TPSA) is 94.5 Å².